The molecule has 1 amide bonds. The van der Waals surface area contributed by atoms with E-state index in [1.165, 1.54) is 12.8 Å². The maximum Gasteiger partial charge on any atom is 0.246 e. The second kappa shape index (κ2) is 6.21. The highest BCUT2D eigenvalue weighted by Crippen LogP contribution is 2.51. The maximum atomic E-state index is 11.4. The predicted octanol–water partition coefficient (Wildman–Crippen LogP) is 1.20. The fraction of sp³-hybridized carbons (Fsp3) is 0.917. The highest BCUT2D eigenvalue weighted by molar-refractivity contribution is 5.77. The van der Waals surface area contributed by atoms with E-state index in [0.717, 1.165) is 6.54 Å². The van der Waals surface area contributed by atoms with Crippen molar-refractivity contribution in [2.24, 2.45) is 11.3 Å². The molecule has 0 saturated heterocycles. The van der Waals surface area contributed by atoms with Crippen LogP contribution in [-0.2, 0) is 14.3 Å². The Morgan fingerprint density at radius 3 is 2.56 bits per heavy atom. The topological polar surface area (TPSA) is 47.6 Å². The molecule has 1 saturated carbocycles. The zero-order valence-corrected chi connectivity index (χ0v) is 10.5. The first-order valence-electron chi connectivity index (χ1n) is 5.94. The summed E-state index contributed by atoms with van der Waals surface area (Å²) in [4.78, 5) is 11.4. The van der Waals surface area contributed by atoms with E-state index in [9.17, 15) is 4.79 Å². The third kappa shape index (κ3) is 4.10. The second-order valence-corrected chi connectivity index (χ2v) is 4.84. The van der Waals surface area contributed by atoms with E-state index in [1.54, 1.807) is 7.11 Å². The minimum atomic E-state index is -0.0250. The third-order valence-corrected chi connectivity index (χ3v) is 3.42. The number of hydrogen-bond donors (Lipinski definition) is 1. The van der Waals surface area contributed by atoms with Crippen molar-refractivity contribution < 1.29 is 14.3 Å². The number of hydrogen-bond acceptors (Lipinski definition) is 3. The van der Waals surface area contributed by atoms with Crippen LogP contribution in [0.4, 0.5) is 0 Å². The standard InChI is InChI=1S/C12H23NO3/c1-10(2)12(4-5-12)9-13-11(14)8-16-7-6-15-3/h10H,4-9H2,1-3H3,(H,13,14). The summed E-state index contributed by atoms with van der Waals surface area (Å²) in [5, 5.41) is 2.94. The Balaban J connectivity index is 2.06. The molecule has 94 valence electrons. The molecule has 1 fully saturated rings. The number of carbonyl (C=O) groups excluding carboxylic acids is 1. The zero-order valence-electron chi connectivity index (χ0n) is 10.5. The Labute approximate surface area is 97.7 Å². The molecule has 0 radical (unpaired) electrons. The molecule has 0 unspecified atom stereocenters. The largest absolute Gasteiger partial charge is 0.382 e. The van der Waals surface area contributed by atoms with Crippen molar-refractivity contribution in [1.82, 2.24) is 5.32 Å². The van der Waals surface area contributed by atoms with Crippen molar-refractivity contribution in [2.45, 2.75) is 26.7 Å². The fourth-order valence-electron chi connectivity index (χ4n) is 1.75. The molecule has 4 nitrogen and oxygen atoms in total. The molecule has 1 N–H and O–H groups in total. The average molecular weight is 229 g/mol. The van der Waals surface area contributed by atoms with Gasteiger partial charge in [-0.05, 0) is 24.2 Å². The molecular formula is C12H23NO3. The van der Waals surface area contributed by atoms with E-state index >= 15 is 0 Å². The van der Waals surface area contributed by atoms with Crippen LogP contribution in [0.3, 0.4) is 0 Å². The molecule has 0 aromatic rings. The van der Waals surface area contributed by atoms with Crippen LogP contribution >= 0.6 is 0 Å². The summed E-state index contributed by atoms with van der Waals surface area (Å²) >= 11 is 0. The molecule has 0 aromatic heterocycles. The minimum absolute atomic E-state index is 0.0250. The number of nitrogens with one attached hydrogen (secondary N) is 1. The Kier molecular flexibility index (Phi) is 5.22. The molecule has 0 heterocycles. The van der Waals surface area contributed by atoms with Crippen LogP contribution in [0.25, 0.3) is 0 Å². The van der Waals surface area contributed by atoms with Crippen molar-refractivity contribution in [3.8, 4) is 0 Å². The van der Waals surface area contributed by atoms with E-state index in [0.29, 0.717) is 24.5 Å². The van der Waals surface area contributed by atoms with E-state index < -0.39 is 0 Å². The highest BCUT2D eigenvalue weighted by atomic mass is 16.5. The van der Waals surface area contributed by atoms with Gasteiger partial charge in [-0.2, -0.15) is 0 Å². The Morgan fingerprint density at radius 2 is 2.06 bits per heavy atom. The lowest BCUT2D eigenvalue weighted by Gasteiger charge is -2.19. The van der Waals surface area contributed by atoms with Crippen LogP contribution in [0.5, 0.6) is 0 Å². The number of amides is 1. The normalized spacial score (nSPS) is 17.5. The average Bonchev–Trinajstić information content (AvgIpc) is 3.03. The summed E-state index contributed by atoms with van der Waals surface area (Å²) < 4.78 is 9.97. The van der Waals surface area contributed by atoms with Gasteiger partial charge in [0.05, 0.1) is 13.2 Å². The van der Waals surface area contributed by atoms with Gasteiger partial charge in [0.2, 0.25) is 5.91 Å². The van der Waals surface area contributed by atoms with Crippen molar-refractivity contribution in [1.29, 1.82) is 0 Å². The van der Waals surface area contributed by atoms with Crippen LogP contribution in [0, 0.1) is 11.3 Å². The first-order chi connectivity index (χ1) is 7.60. The van der Waals surface area contributed by atoms with Gasteiger partial charge in [0.15, 0.2) is 0 Å². The monoisotopic (exact) mass is 229 g/mol. The highest BCUT2D eigenvalue weighted by Gasteiger charge is 2.45. The van der Waals surface area contributed by atoms with Gasteiger partial charge in [0.1, 0.15) is 6.61 Å². The van der Waals surface area contributed by atoms with E-state index in [1.807, 2.05) is 0 Å². The van der Waals surface area contributed by atoms with Crippen LogP contribution in [0.1, 0.15) is 26.7 Å². The van der Waals surface area contributed by atoms with Gasteiger partial charge in [-0.1, -0.05) is 13.8 Å². The van der Waals surface area contributed by atoms with Gasteiger partial charge < -0.3 is 14.8 Å². The molecule has 4 heteroatoms. The quantitative estimate of drug-likeness (QED) is 0.636. The summed E-state index contributed by atoms with van der Waals surface area (Å²) in [5.41, 5.74) is 0.363. The summed E-state index contributed by atoms with van der Waals surface area (Å²) in [6, 6.07) is 0. The molecule has 0 atom stereocenters. The Hall–Kier alpha value is -0.610. The van der Waals surface area contributed by atoms with Gasteiger partial charge in [-0.15, -0.1) is 0 Å². The zero-order chi connectivity index (χ0) is 12.0. The van der Waals surface area contributed by atoms with Crippen LogP contribution < -0.4 is 5.32 Å². The van der Waals surface area contributed by atoms with E-state index in [4.69, 9.17) is 9.47 Å². The van der Waals surface area contributed by atoms with Crippen molar-refractivity contribution >= 4 is 5.91 Å². The van der Waals surface area contributed by atoms with Gasteiger partial charge >= 0.3 is 0 Å². The molecule has 1 rings (SSSR count). The van der Waals surface area contributed by atoms with Crippen molar-refractivity contribution in [3.63, 3.8) is 0 Å². The first-order valence-corrected chi connectivity index (χ1v) is 5.94. The predicted molar refractivity (Wildman–Crippen MR) is 62.2 cm³/mol. The van der Waals surface area contributed by atoms with Crippen LogP contribution in [0.15, 0.2) is 0 Å². The molecular weight excluding hydrogens is 206 g/mol. The summed E-state index contributed by atoms with van der Waals surface area (Å²) in [5.74, 6) is 0.616. The number of carbonyl (C=O) groups is 1. The first kappa shape index (κ1) is 13.5. The molecule has 16 heavy (non-hydrogen) atoms. The number of ether oxygens (including phenoxy) is 2. The number of methoxy groups -OCH3 is 1. The fourth-order valence-corrected chi connectivity index (χ4v) is 1.75. The molecule has 0 aromatic carbocycles. The third-order valence-electron chi connectivity index (χ3n) is 3.42. The Bertz CT molecular complexity index is 224. The summed E-state index contributed by atoms with van der Waals surface area (Å²) in [6.07, 6.45) is 2.46. The molecule has 1 aliphatic carbocycles. The van der Waals surface area contributed by atoms with Gasteiger partial charge in [0.25, 0.3) is 0 Å². The lowest BCUT2D eigenvalue weighted by atomic mass is 9.92. The van der Waals surface area contributed by atoms with Crippen LogP contribution in [0.2, 0.25) is 0 Å². The second-order valence-electron chi connectivity index (χ2n) is 4.84. The van der Waals surface area contributed by atoms with E-state index in [2.05, 4.69) is 19.2 Å². The molecule has 0 aliphatic heterocycles. The smallest absolute Gasteiger partial charge is 0.246 e. The van der Waals surface area contributed by atoms with Gasteiger partial charge in [0, 0.05) is 13.7 Å². The molecule has 1 aliphatic rings. The SMILES string of the molecule is COCCOCC(=O)NCC1(C(C)C)CC1. The lowest BCUT2D eigenvalue weighted by Crippen LogP contribution is -2.35. The Morgan fingerprint density at radius 1 is 1.38 bits per heavy atom. The van der Waals surface area contributed by atoms with E-state index in [-0.39, 0.29) is 12.5 Å². The minimum Gasteiger partial charge on any atom is -0.382 e. The van der Waals surface area contributed by atoms with Crippen molar-refractivity contribution in [2.75, 3.05) is 33.5 Å². The lowest BCUT2D eigenvalue weighted by molar-refractivity contribution is -0.126. The molecule has 0 bridgehead atoms. The van der Waals surface area contributed by atoms with Gasteiger partial charge in [-0.25, -0.2) is 0 Å². The maximum absolute atomic E-state index is 11.4. The molecule has 0 spiro atoms. The van der Waals surface area contributed by atoms with Crippen molar-refractivity contribution in [3.05, 3.63) is 0 Å². The summed E-state index contributed by atoms with van der Waals surface area (Å²) in [6.45, 7) is 6.36. The van der Waals surface area contributed by atoms with Crippen LogP contribution in [-0.4, -0.2) is 39.4 Å². The summed E-state index contributed by atoms with van der Waals surface area (Å²) in [7, 11) is 1.61. The number of rotatable bonds is 8. The van der Waals surface area contributed by atoms with Gasteiger partial charge in [-0.3, -0.25) is 4.79 Å².